The minimum atomic E-state index is -0.0931. The summed E-state index contributed by atoms with van der Waals surface area (Å²) >= 11 is 0. The Bertz CT molecular complexity index is 941. The molecule has 2 aromatic carbocycles. The molecule has 2 heterocycles. The van der Waals surface area contributed by atoms with Gasteiger partial charge in [0.25, 0.3) is 0 Å². The SMILES string of the molecule is CCOc1c(-c2ccccc2)oc2cccc(N3CCCC3)c2c1=O. The molecule has 3 aromatic rings. The number of rotatable bonds is 4. The molecular formula is C21H21NO3. The Hall–Kier alpha value is -2.75. The van der Waals surface area contributed by atoms with Gasteiger partial charge in [-0.1, -0.05) is 36.4 Å². The quantitative estimate of drug-likeness (QED) is 0.706. The van der Waals surface area contributed by atoms with Crippen LogP contribution in [0.25, 0.3) is 22.3 Å². The molecule has 0 saturated carbocycles. The monoisotopic (exact) mass is 335 g/mol. The Balaban J connectivity index is 1.99. The van der Waals surface area contributed by atoms with Gasteiger partial charge in [0.2, 0.25) is 11.2 Å². The minimum Gasteiger partial charge on any atom is -0.487 e. The van der Waals surface area contributed by atoms with E-state index in [2.05, 4.69) is 4.90 Å². The standard InChI is InChI=1S/C21H21NO3/c1-2-24-21-19(23)18-16(22-13-6-7-14-22)11-8-12-17(18)25-20(21)15-9-4-3-5-10-15/h3-5,8-12H,2,6-7,13-14H2,1H3. The lowest BCUT2D eigenvalue weighted by Crippen LogP contribution is -2.20. The number of fused-ring (bicyclic) bond motifs is 1. The van der Waals surface area contributed by atoms with Crippen LogP contribution in [0, 0.1) is 0 Å². The van der Waals surface area contributed by atoms with E-state index in [1.165, 1.54) is 0 Å². The van der Waals surface area contributed by atoms with Crippen LogP contribution in [0.5, 0.6) is 5.75 Å². The van der Waals surface area contributed by atoms with Crippen LogP contribution in [0.15, 0.2) is 57.7 Å². The topological polar surface area (TPSA) is 42.7 Å². The highest BCUT2D eigenvalue weighted by molar-refractivity contribution is 5.93. The maximum absolute atomic E-state index is 13.3. The summed E-state index contributed by atoms with van der Waals surface area (Å²) in [6, 6.07) is 15.5. The van der Waals surface area contributed by atoms with E-state index in [0.29, 0.717) is 29.1 Å². The predicted molar refractivity (Wildman–Crippen MR) is 101 cm³/mol. The zero-order chi connectivity index (χ0) is 17.2. The molecule has 128 valence electrons. The van der Waals surface area contributed by atoms with Crippen molar-refractivity contribution in [2.75, 3.05) is 24.6 Å². The third kappa shape index (κ3) is 2.78. The highest BCUT2D eigenvalue weighted by Crippen LogP contribution is 2.34. The Morgan fingerprint density at radius 1 is 1.04 bits per heavy atom. The van der Waals surface area contributed by atoms with Gasteiger partial charge in [0.15, 0.2) is 5.76 Å². The van der Waals surface area contributed by atoms with Gasteiger partial charge in [-0.15, -0.1) is 0 Å². The Kier molecular flexibility index (Phi) is 4.18. The Labute approximate surface area is 146 Å². The van der Waals surface area contributed by atoms with Crippen molar-refractivity contribution >= 4 is 16.7 Å². The predicted octanol–water partition coefficient (Wildman–Crippen LogP) is 4.46. The van der Waals surface area contributed by atoms with Gasteiger partial charge in [0, 0.05) is 18.7 Å². The van der Waals surface area contributed by atoms with Crippen LogP contribution < -0.4 is 15.1 Å². The minimum absolute atomic E-state index is 0.0931. The number of anilines is 1. The third-order valence-electron chi connectivity index (χ3n) is 4.63. The van der Waals surface area contributed by atoms with Crippen molar-refractivity contribution in [2.24, 2.45) is 0 Å². The van der Waals surface area contributed by atoms with Crippen LogP contribution >= 0.6 is 0 Å². The normalized spacial score (nSPS) is 14.2. The van der Waals surface area contributed by atoms with E-state index in [-0.39, 0.29) is 5.43 Å². The highest BCUT2D eigenvalue weighted by atomic mass is 16.5. The first-order chi connectivity index (χ1) is 12.3. The van der Waals surface area contributed by atoms with Gasteiger partial charge in [-0.05, 0) is 31.9 Å². The number of nitrogens with zero attached hydrogens (tertiary/aromatic N) is 1. The second-order valence-electron chi connectivity index (χ2n) is 6.23. The molecule has 4 heteroatoms. The van der Waals surface area contributed by atoms with Crippen molar-refractivity contribution < 1.29 is 9.15 Å². The van der Waals surface area contributed by atoms with Crippen molar-refractivity contribution in [1.29, 1.82) is 0 Å². The van der Waals surface area contributed by atoms with Crippen LogP contribution in [0.1, 0.15) is 19.8 Å². The van der Waals surface area contributed by atoms with E-state index >= 15 is 0 Å². The van der Waals surface area contributed by atoms with Gasteiger partial charge < -0.3 is 14.1 Å². The molecule has 1 saturated heterocycles. The first-order valence-corrected chi connectivity index (χ1v) is 8.82. The lowest BCUT2D eigenvalue weighted by molar-refractivity contribution is 0.330. The maximum Gasteiger partial charge on any atom is 0.237 e. The smallest absolute Gasteiger partial charge is 0.237 e. The first-order valence-electron chi connectivity index (χ1n) is 8.82. The molecule has 1 aliphatic rings. The summed E-state index contributed by atoms with van der Waals surface area (Å²) in [5.74, 6) is 0.798. The molecule has 1 aliphatic heterocycles. The van der Waals surface area contributed by atoms with Gasteiger partial charge >= 0.3 is 0 Å². The number of ether oxygens (including phenoxy) is 1. The van der Waals surface area contributed by atoms with Gasteiger partial charge in [-0.25, -0.2) is 0 Å². The van der Waals surface area contributed by atoms with E-state index in [4.69, 9.17) is 9.15 Å². The van der Waals surface area contributed by atoms with Crippen LogP contribution in [-0.4, -0.2) is 19.7 Å². The zero-order valence-corrected chi connectivity index (χ0v) is 14.3. The van der Waals surface area contributed by atoms with Gasteiger partial charge in [-0.2, -0.15) is 0 Å². The molecule has 0 spiro atoms. The summed E-state index contributed by atoms with van der Waals surface area (Å²) in [6.07, 6.45) is 2.31. The molecule has 25 heavy (non-hydrogen) atoms. The number of benzene rings is 2. The molecule has 1 fully saturated rings. The Morgan fingerprint density at radius 2 is 1.80 bits per heavy atom. The van der Waals surface area contributed by atoms with Crippen molar-refractivity contribution in [1.82, 2.24) is 0 Å². The van der Waals surface area contributed by atoms with E-state index in [0.717, 1.165) is 37.2 Å². The van der Waals surface area contributed by atoms with E-state index < -0.39 is 0 Å². The third-order valence-corrected chi connectivity index (χ3v) is 4.63. The van der Waals surface area contributed by atoms with Crippen LogP contribution in [0.2, 0.25) is 0 Å². The average molecular weight is 335 g/mol. The Morgan fingerprint density at radius 3 is 2.52 bits per heavy atom. The molecule has 0 aliphatic carbocycles. The van der Waals surface area contributed by atoms with Gasteiger partial charge in [0.05, 0.1) is 17.7 Å². The van der Waals surface area contributed by atoms with E-state index in [1.807, 2.05) is 55.5 Å². The van der Waals surface area contributed by atoms with Crippen LogP contribution in [0.4, 0.5) is 5.69 Å². The summed E-state index contributed by atoms with van der Waals surface area (Å²) in [4.78, 5) is 15.5. The summed E-state index contributed by atoms with van der Waals surface area (Å²) in [5.41, 5.74) is 2.31. The number of hydrogen-bond donors (Lipinski definition) is 0. The second kappa shape index (κ2) is 6.63. The summed E-state index contributed by atoms with van der Waals surface area (Å²) < 4.78 is 11.9. The zero-order valence-electron chi connectivity index (χ0n) is 14.3. The molecule has 0 atom stereocenters. The molecule has 1 aromatic heterocycles. The lowest BCUT2D eigenvalue weighted by Gasteiger charge is -2.20. The second-order valence-corrected chi connectivity index (χ2v) is 6.23. The molecule has 4 nitrogen and oxygen atoms in total. The molecule has 0 bridgehead atoms. The summed E-state index contributed by atoms with van der Waals surface area (Å²) in [5, 5.41) is 0.618. The molecule has 0 radical (unpaired) electrons. The molecule has 4 rings (SSSR count). The highest BCUT2D eigenvalue weighted by Gasteiger charge is 2.22. The van der Waals surface area contributed by atoms with Crippen LogP contribution in [0.3, 0.4) is 0 Å². The molecule has 0 amide bonds. The first kappa shape index (κ1) is 15.8. The number of hydrogen-bond acceptors (Lipinski definition) is 4. The summed E-state index contributed by atoms with van der Waals surface area (Å²) in [6.45, 7) is 4.25. The average Bonchev–Trinajstić information content (AvgIpc) is 3.19. The fourth-order valence-corrected chi connectivity index (χ4v) is 3.48. The maximum atomic E-state index is 13.3. The van der Waals surface area contributed by atoms with Crippen LogP contribution in [-0.2, 0) is 0 Å². The van der Waals surface area contributed by atoms with Crippen molar-refractivity contribution in [3.63, 3.8) is 0 Å². The van der Waals surface area contributed by atoms with Crippen molar-refractivity contribution in [3.8, 4) is 17.1 Å². The molecule has 0 N–H and O–H groups in total. The lowest BCUT2D eigenvalue weighted by atomic mass is 10.1. The van der Waals surface area contributed by atoms with E-state index in [9.17, 15) is 4.79 Å². The van der Waals surface area contributed by atoms with E-state index in [1.54, 1.807) is 0 Å². The van der Waals surface area contributed by atoms with Crippen molar-refractivity contribution in [3.05, 3.63) is 58.8 Å². The van der Waals surface area contributed by atoms with Gasteiger partial charge in [0.1, 0.15) is 5.58 Å². The fourth-order valence-electron chi connectivity index (χ4n) is 3.48. The largest absolute Gasteiger partial charge is 0.487 e. The summed E-state index contributed by atoms with van der Waals surface area (Å²) in [7, 11) is 0. The molecular weight excluding hydrogens is 314 g/mol. The molecule has 0 unspecified atom stereocenters. The van der Waals surface area contributed by atoms with Gasteiger partial charge in [-0.3, -0.25) is 4.79 Å². The van der Waals surface area contributed by atoms with Crippen molar-refractivity contribution in [2.45, 2.75) is 19.8 Å². The fraction of sp³-hybridized carbons (Fsp3) is 0.286.